The molecule has 31 heavy (non-hydrogen) atoms. The molecule has 162 valence electrons. The van der Waals surface area contributed by atoms with Crippen LogP contribution in [0.5, 0.6) is 0 Å². The van der Waals surface area contributed by atoms with Gasteiger partial charge in [-0.2, -0.15) is 9.97 Å². The molecule has 1 aromatic carbocycles. The number of aryl methyl sites for hydroxylation is 2. The van der Waals surface area contributed by atoms with Crippen molar-refractivity contribution >= 4 is 34.8 Å². The molecule has 8 N–H and O–H groups in total. The summed E-state index contributed by atoms with van der Waals surface area (Å²) in [7, 11) is 0. The minimum Gasteiger partial charge on any atom is -0.480 e. The Kier molecular flexibility index (Phi) is 6.88. The number of nitrogens with one attached hydrogen (secondary N) is 1. The van der Waals surface area contributed by atoms with E-state index < -0.39 is 17.9 Å². The van der Waals surface area contributed by atoms with E-state index >= 15 is 0 Å². The van der Waals surface area contributed by atoms with Crippen LogP contribution in [0.15, 0.2) is 30.5 Å². The number of nitrogens with two attached hydrogens (primary N) is 3. The van der Waals surface area contributed by atoms with Gasteiger partial charge in [0.15, 0.2) is 17.0 Å². The third-order valence-electron chi connectivity index (χ3n) is 4.69. The molecule has 11 nitrogen and oxygen atoms in total. The Hall–Kier alpha value is -3.86. The van der Waals surface area contributed by atoms with Crippen molar-refractivity contribution in [3.63, 3.8) is 0 Å². The van der Waals surface area contributed by atoms with E-state index in [0.717, 1.165) is 11.3 Å². The van der Waals surface area contributed by atoms with Crippen molar-refractivity contribution in [3.8, 4) is 0 Å². The van der Waals surface area contributed by atoms with Gasteiger partial charge in [-0.3, -0.25) is 4.79 Å². The molecule has 0 spiro atoms. The molecule has 0 aliphatic rings. The summed E-state index contributed by atoms with van der Waals surface area (Å²) in [6.45, 7) is 0.365. The molecule has 0 unspecified atom stereocenters. The molecule has 0 aliphatic carbocycles. The van der Waals surface area contributed by atoms with Crippen LogP contribution in [-0.2, 0) is 17.6 Å². The minimum atomic E-state index is -1.08. The predicted molar refractivity (Wildman–Crippen MR) is 115 cm³/mol. The monoisotopic (exact) mass is 424 g/mol. The highest BCUT2D eigenvalue weighted by molar-refractivity contribution is 5.96. The van der Waals surface area contributed by atoms with Crippen molar-refractivity contribution in [2.75, 3.05) is 18.0 Å². The quantitative estimate of drug-likeness (QED) is 0.318. The highest BCUT2D eigenvalue weighted by atomic mass is 16.4. The number of aromatic nitrogens is 4. The first-order chi connectivity index (χ1) is 14.9. The van der Waals surface area contributed by atoms with E-state index in [1.54, 1.807) is 18.3 Å². The number of rotatable bonds is 9. The van der Waals surface area contributed by atoms with Crippen LogP contribution in [0.3, 0.4) is 0 Å². The van der Waals surface area contributed by atoms with Crippen LogP contribution >= 0.6 is 0 Å². The van der Waals surface area contributed by atoms with E-state index in [9.17, 15) is 14.7 Å². The summed E-state index contributed by atoms with van der Waals surface area (Å²) in [5, 5.41) is 11.8. The largest absolute Gasteiger partial charge is 0.480 e. The zero-order chi connectivity index (χ0) is 22.4. The van der Waals surface area contributed by atoms with Gasteiger partial charge in [0, 0.05) is 5.56 Å². The number of nitrogens with zero attached hydrogens (tertiary/aromatic N) is 4. The average molecular weight is 424 g/mol. The van der Waals surface area contributed by atoms with Crippen LogP contribution in [0.2, 0.25) is 0 Å². The number of anilines is 2. The van der Waals surface area contributed by atoms with Gasteiger partial charge >= 0.3 is 5.97 Å². The number of carbonyl (C=O) groups is 2. The summed E-state index contributed by atoms with van der Waals surface area (Å²) < 4.78 is 0. The van der Waals surface area contributed by atoms with Gasteiger partial charge in [0.2, 0.25) is 5.95 Å². The summed E-state index contributed by atoms with van der Waals surface area (Å²) in [4.78, 5) is 40.2. The van der Waals surface area contributed by atoms with E-state index in [-0.39, 0.29) is 18.2 Å². The molecule has 0 bridgehead atoms. The van der Waals surface area contributed by atoms with Crippen LogP contribution in [-0.4, -0.2) is 49.5 Å². The molecule has 3 aromatic rings. The Morgan fingerprint density at radius 3 is 2.48 bits per heavy atom. The van der Waals surface area contributed by atoms with Crippen LogP contribution < -0.4 is 22.5 Å². The lowest BCUT2D eigenvalue weighted by atomic mass is 10.1. The zero-order valence-electron chi connectivity index (χ0n) is 16.8. The topological polar surface area (TPSA) is 196 Å². The number of hydrogen-bond acceptors (Lipinski definition) is 9. The Balaban J connectivity index is 1.62. The molecule has 0 saturated heterocycles. The Morgan fingerprint density at radius 1 is 1.06 bits per heavy atom. The second-order valence-electron chi connectivity index (χ2n) is 6.99. The lowest BCUT2D eigenvalue weighted by Crippen LogP contribution is -2.41. The van der Waals surface area contributed by atoms with Crippen molar-refractivity contribution in [1.82, 2.24) is 25.3 Å². The molecule has 0 radical (unpaired) electrons. The summed E-state index contributed by atoms with van der Waals surface area (Å²) in [5.74, 6) is -1.29. The normalized spacial score (nSPS) is 11.9. The van der Waals surface area contributed by atoms with Gasteiger partial charge in [-0.1, -0.05) is 12.1 Å². The third-order valence-corrected chi connectivity index (χ3v) is 4.69. The fourth-order valence-corrected chi connectivity index (χ4v) is 3.02. The molecule has 0 fully saturated rings. The maximum Gasteiger partial charge on any atom is 0.326 e. The molecule has 3 rings (SSSR count). The molecule has 1 amide bonds. The molecule has 2 aromatic heterocycles. The zero-order valence-corrected chi connectivity index (χ0v) is 16.8. The highest BCUT2D eigenvalue weighted by Crippen LogP contribution is 2.16. The second kappa shape index (κ2) is 9.76. The molecular weight excluding hydrogens is 400 g/mol. The van der Waals surface area contributed by atoms with Gasteiger partial charge in [-0.25, -0.2) is 14.8 Å². The van der Waals surface area contributed by atoms with Gasteiger partial charge in [-0.05, 0) is 49.9 Å². The maximum atomic E-state index is 12.3. The number of carboxylic acid groups (broad SMARTS) is 1. The molecule has 2 heterocycles. The van der Waals surface area contributed by atoms with Crippen molar-refractivity contribution in [1.29, 1.82) is 0 Å². The number of carboxylic acids is 1. The van der Waals surface area contributed by atoms with Crippen molar-refractivity contribution in [2.45, 2.75) is 31.7 Å². The molecule has 0 saturated carbocycles. The van der Waals surface area contributed by atoms with Gasteiger partial charge in [0.05, 0.1) is 11.9 Å². The molecule has 11 heteroatoms. The van der Waals surface area contributed by atoms with Crippen LogP contribution in [0.1, 0.15) is 34.5 Å². The van der Waals surface area contributed by atoms with E-state index in [1.807, 2.05) is 12.1 Å². The lowest BCUT2D eigenvalue weighted by molar-refractivity contribution is -0.139. The van der Waals surface area contributed by atoms with Gasteiger partial charge < -0.3 is 27.6 Å². The first-order valence-electron chi connectivity index (χ1n) is 9.74. The van der Waals surface area contributed by atoms with Crippen molar-refractivity contribution in [2.24, 2.45) is 5.73 Å². The predicted octanol–water partition coefficient (Wildman–Crippen LogP) is 0.291. The first kappa shape index (κ1) is 21.8. The Bertz CT molecular complexity index is 1090. The van der Waals surface area contributed by atoms with Gasteiger partial charge in [0.25, 0.3) is 5.91 Å². The van der Waals surface area contributed by atoms with E-state index in [4.69, 9.17) is 17.2 Å². The second-order valence-corrected chi connectivity index (χ2v) is 6.99. The fraction of sp³-hybridized carbons (Fsp3) is 0.300. The maximum absolute atomic E-state index is 12.3. The van der Waals surface area contributed by atoms with Crippen LogP contribution in [0.25, 0.3) is 11.2 Å². The molecule has 0 aliphatic heterocycles. The van der Waals surface area contributed by atoms with Gasteiger partial charge in [-0.15, -0.1) is 0 Å². The number of carbonyl (C=O) groups excluding carboxylic acids is 1. The van der Waals surface area contributed by atoms with E-state index in [1.165, 1.54) is 0 Å². The minimum absolute atomic E-state index is 0.0465. The standard InChI is InChI=1S/C20H24N8O3/c21-9-1-2-14(19(30)31)26-18(29)12-6-3-11(4-7-12)5-8-13-10-24-17-15(25-13)16(22)27-20(23)28-17/h3-4,6-7,10,14H,1-2,5,8-9,21H2,(H,26,29)(H,30,31)(H4,22,23,24,27,28)/t14-/m0/s1. The summed E-state index contributed by atoms with van der Waals surface area (Å²) in [6, 6.07) is 5.99. The first-order valence-corrected chi connectivity index (χ1v) is 9.74. The third kappa shape index (κ3) is 5.60. The Morgan fingerprint density at radius 2 is 1.81 bits per heavy atom. The summed E-state index contributed by atoms with van der Waals surface area (Å²) in [5.41, 5.74) is 19.7. The number of aliphatic carboxylic acids is 1. The highest BCUT2D eigenvalue weighted by Gasteiger charge is 2.20. The summed E-state index contributed by atoms with van der Waals surface area (Å²) in [6.07, 6.45) is 3.66. The van der Waals surface area contributed by atoms with E-state index in [2.05, 4.69) is 25.3 Å². The summed E-state index contributed by atoms with van der Waals surface area (Å²) >= 11 is 0. The van der Waals surface area contributed by atoms with Crippen molar-refractivity contribution in [3.05, 3.63) is 47.3 Å². The van der Waals surface area contributed by atoms with Crippen LogP contribution in [0, 0.1) is 0 Å². The van der Waals surface area contributed by atoms with E-state index in [0.29, 0.717) is 42.5 Å². The van der Waals surface area contributed by atoms with Gasteiger partial charge in [0.1, 0.15) is 6.04 Å². The average Bonchev–Trinajstić information content (AvgIpc) is 2.75. The number of fused-ring (bicyclic) bond motifs is 1. The molecule has 1 atom stereocenters. The number of benzene rings is 1. The number of hydrogen-bond donors (Lipinski definition) is 5. The SMILES string of the molecule is NCCC[C@H](NC(=O)c1ccc(CCc2cnc3nc(N)nc(N)c3n2)cc1)C(=O)O. The Labute approximate surface area is 178 Å². The molecular formula is C20H24N8O3. The fourth-order valence-electron chi connectivity index (χ4n) is 3.02. The van der Waals surface area contributed by atoms with Crippen LogP contribution in [0.4, 0.5) is 11.8 Å². The van der Waals surface area contributed by atoms with Crippen molar-refractivity contribution < 1.29 is 14.7 Å². The smallest absolute Gasteiger partial charge is 0.326 e. The lowest BCUT2D eigenvalue weighted by Gasteiger charge is -2.14. The number of amides is 1. The number of nitrogen functional groups attached to an aromatic ring is 2.